The van der Waals surface area contributed by atoms with E-state index in [4.69, 9.17) is 9.15 Å². The zero-order valence-electron chi connectivity index (χ0n) is 18.6. The van der Waals surface area contributed by atoms with Crippen LogP contribution in [0.25, 0.3) is 17.1 Å². The first kappa shape index (κ1) is 22.8. The Morgan fingerprint density at radius 3 is 2.89 bits per heavy atom. The first-order chi connectivity index (χ1) is 17.2. The molecule has 5 rings (SSSR count). The molecule has 11 heteroatoms. The van der Waals surface area contributed by atoms with Crippen molar-refractivity contribution in [2.75, 3.05) is 7.11 Å². The van der Waals surface area contributed by atoms with Gasteiger partial charge in [-0.2, -0.15) is 0 Å². The normalized spacial score (nSPS) is 10.9. The van der Waals surface area contributed by atoms with Gasteiger partial charge < -0.3 is 14.5 Å². The van der Waals surface area contributed by atoms with Crippen LogP contribution in [0.3, 0.4) is 0 Å². The van der Waals surface area contributed by atoms with Crippen molar-refractivity contribution >= 4 is 29.0 Å². The maximum Gasteiger partial charge on any atom is 0.271 e. The van der Waals surface area contributed by atoms with Gasteiger partial charge in [-0.3, -0.25) is 14.3 Å². The number of furan rings is 1. The van der Waals surface area contributed by atoms with Gasteiger partial charge in [0.2, 0.25) is 0 Å². The third kappa shape index (κ3) is 5.10. The summed E-state index contributed by atoms with van der Waals surface area (Å²) in [5.74, 6) is 2.32. The van der Waals surface area contributed by atoms with Crippen molar-refractivity contribution in [1.29, 1.82) is 0 Å². The predicted molar refractivity (Wildman–Crippen MR) is 133 cm³/mol. The maximum atomic E-state index is 12.4. The Labute approximate surface area is 209 Å². The van der Waals surface area contributed by atoms with Gasteiger partial charge in [0.1, 0.15) is 22.2 Å². The highest BCUT2D eigenvalue weighted by molar-refractivity contribution is 7.98. The number of pyridine rings is 1. The molecule has 0 aliphatic carbocycles. The van der Waals surface area contributed by atoms with Crippen molar-refractivity contribution in [2.24, 2.45) is 0 Å². The largest absolute Gasteiger partial charge is 0.495 e. The standard InChI is InChI=1S/C24H20N6O3S2/c1-32-20-9-3-2-8-19(20)30-22(16-6-4-10-25-12-16)28-29-24(30)35-15-21-27-18(14-34-21)23(31)26-13-17-7-5-11-33-17/h2-12,14H,13,15H2,1H3,(H,26,31). The molecule has 1 N–H and O–H groups in total. The lowest BCUT2D eigenvalue weighted by atomic mass is 10.2. The third-order valence-corrected chi connectivity index (χ3v) is 6.96. The fourth-order valence-electron chi connectivity index (χ4n) is 3.36. The number of amides is 1. The topological polar surface area (TPSA) is 108 Å². The summed E-state index contributed by atoms with van der Waals surface area (Å²) in [7, 11) is 1.63. The smallest absolute Gasteiger partial charge is 0.271 e. The van der Waals surface area contributed by atoms with E-state index in [1.54, 1.807) is 43.3 Å². The Kier molecular flexibility index (Phi) is 6.87. The third-order valence-electron chi connectivity index (χ3n) is 4.99. The van der Waals surface area contributed by atoms with Crippen molar-refractivity contribution < 1.29 is 13.9 Å². The average molecular weight is 505 g/mol. The number of ether oxygens (including phenoxy) is 1. The zero-order valence-corrected chi connectivity index (χ0v) is 20.3. The molecule has 5 aromatic rings. The summed E-state index contributed by atoms with van der Waals surface area (Å²) in [5, 5.41) is 14.9. The number of methoxy groups -OCH3 is 1. The first-order valence-corrected chi connectivity index (χ1v) is 12.5. The van der Waals surface area contributed by atoms with E-state index < -0.39 is 0 Å². The van der Waals surface area contributed by atoms with Gasteiger partial charge in [-0.1, -0.05) is 23.9 Å². The first-order valence-electron chi connectivity index (χ1n) is 10.6. The number of hydrogen-bond donors (Lipinski definition) is 1. The van der Waals surface area contributed by atoms with Gasteiger partial charge in [0.05, 0.1) is 31.4 Å². The van der Waals surface area contributed by atoms with E-state index in [2.05, 4.69) is 25.5 Å². The molecular formula is C24H20N6O3S2. The number of benzene rings is 1. The summed E-state index contributed by atoms with van der Waals surface area (Å²) in [6.45, 7) is 0.312. The second kappa shape index (κ2) is 10.5. The summed E-state index contributed by atoms with van der Waals surface area (Å²) in [4.78, 5) is 21.1. The molecule has 4 aromatic heterocycles. The summed E-state index contributed by atoms with van der Waals surface area (Å²) >= 11 is 2.91. The van der Waals surface area contributed by atoms with Crippen LogP contribution >= 0.6 is 23.1 Å². The molecule has 0 aliphatic rings. The molecule has 0 aliphatic heterocycles. The number of carbonyl (C=O) groups is 1. The van der Waals surface area contributed by atoms with Gasteiger partial charge in [0.15, 0.2) is 11.0 Å². The van der Waals surface area contributed by atoms with Gasteiger partial charge in [0, 0.05) is 23.3 Å². The molecule has 0 radical (unpaired) electrons. The lowest BCUT2D eigenvalue weighted by Gasteiger charge is -2.13. The van der Waals surface area contributed by atoms with Crippen LogP contribution in [-0.2, 0) is 12.3 Å². The van der Waals surface area contributed by atoms with Crippen molar-refractivity contribution in [1.82, 2.24) is 30.0 Å². The van der Waals surface area contributed by atoms with Gasteiger partial charge in [-0.15, -0.1) is 21.5 Å². The van der Waals surface area contributed by atoms with Crippen molar-refractivity contribution in [2.45, 2.75) is 17.5 Å². The highest BCUT2D eigenvalue weighted by atomic mass is 32.2. The van der Waals surface area contributed by atoms with Crippen molar-refractivity contribution in [3.63, 3.8) is 0 Å². The Balaban J connectivity index is 1.36. The molecule has 1 aromatic carbocycles. The molecule has 0 spiro atoms. The lowest BCUT2D eigenvalue weighted by Crippen LogP contribution is -2.22. The highest BCUT2D eigenvalue weighted by Gasteiger charge is 2.20. The van der Waals surface area contributed by atoms with E-state index in [1.807, 2.05) is 41.0 Å². The van der Waals surface area contributed by atoms with Crippen LogP contribution in [-0.4, -0.2) is 37.7 Å². The van der Waals surface area contributed by atoms with Crippen LogP contribution in [0.4, 0.5) is 0 Å². The number of aromatic nitrogens is 5. The van der Waals surface area contributed by atoms with Gasteiger partial charge >= 0.3 is 0 Å². The number of hydrogen-bond acceptors (Lipinski definition) is 9. The molecule has 9 nitrogen and oxygen atoms in total. The van der Waals surface area contributed by atoms with Gasteiger partial charge in [-0.25, -0.2) is 4.98 Å². The molecule has 0 saturated carbocycles. The van der Waals surface area contributed by atoms with E-state index in [0.717, 1.165) is 16.3 Å². The number of thiazole rings is 1. The zero-order chi connectivity index (χ0) is 24.0. The molecule has 1 amide bonds. The molecule has 176 valence electrons. The Morgan fingerprint density at radius 1 is 1.17 bits per heavy atom. The SMILES string of the molecule is COc1ccccc1-n1c(SCc2nc(C(=O)NCc3ccco3)cs2)nnc1-c1cccnc1. The van der Waals surface area contributed by atoms with Crippen LogP contribution in [0.2, 0.25) is 0 Å². The van der Waals surface area contributed by atoms with Crippen molar-refractivity contribution in [3.05, 3.63) is 89.0 Å². The van der Waals surface area contributed by atoms with E-state index >= 15 is 0 Å². The van der Waals surface area contributed by atoms with Crippen LogP contribution < -0.4 is 10.1 Å². The lowest BCUT2D eigenvalue weighted by molar-refractivity contribution is 0.0943. The molecule has 0 unspecified atom stereocenters. The monoisotopic (exact) mass is 504 g/mol. The number of rotatable bonds is 9. The maximum absolute atomic E-state index is 12.4. The van der Waals surface area contributed by atoms with E-state index in [0.29, 0.717) is 40.5 Å². The molecule has 4 heterocycles. The summed E-state index contributed by atoms with van der Waals surface area (Å²) in [6, 6.07) is 15.1. The van der Waals surface area contributed by atoms with Crippen LogP contribution in [0, 0.1) is 0 Å². The predicted octanol–water partition coefficient (Wildman–Crippen LogP) is 4.61. The minimum absolute atomic E-state index is 0.245. The second-order valence-electron chi connectivity index (χ2n) is 7.23. The number of para-hydroxylation sites is 2. The molecule has 0 fully saturated rings. The molecular weight excluding hydrogens is 484 g/mol. The number of thioether (sulfide) groups is 1. The minimum atomic E-state index is -0.245. The second-order valence-corrected chi connectivity index (χ2v) is 9.12. The van der Waals surface area contributed by atoms with E-state index in [9.17, 15) is 4.79 Å². The van der Waals surface area contributed by atoms with Gasteiger partial charge in [-0.05, 0) is 36.4 Å². The Bertz CT molecular complexity index is 1420. The summed E-state index contributed by atoms with van der Waals surface area (Å²) in [5.41, 5.74) is 2.03. The van der Waals surface area contributed by atoms with Crippen LogP contribution in [0.1, 0.15) is 21.3 Å². The van der Waals surface area contributed by atoms with E-state index in [1.165, 1.54) is 23.1 Å². The fraction of sp³-hybridized carbons (Fsp3) is 0.125. The molecule has 0 atom stereocenters. The Morgan fingerprint density at radius 2 is 2.09 bits per heavy atom. The fourth-order valence-corrected chi connectivity index (χ4v) is 5.09. The van der Waals surface area contributed by atoms with Crippen LogP contribution in [0.15, 0.2) is 82.1 Å². The minimum Gasteiger partial charge on any atom is -0.495 e. The van der Waals surface area contributed by atoms with Crippen molar-refractivity contribution in [3.8, 4) is 22.8 Å². The van der Waals surface area contributed by atoms with E-state index in [-0.39, 0.29) is 5.91 Å². The number of carbonyl (C=O) groups excluding carboxylic acids is 1. The number of nitrogens with one attached hydrogen (secondary N) is 1. The Hall–Kier alpha value is -3.96. The summed E-state index contributed by atoms with van der Waals surface area (Å²) in [6.07, 6.45) is 5.04. The molecule has 35 heavy (non-hydrogen) atoms. The van der Waals surface area contributed by atoms with Gasteiger partial charge in [0.25, 0.3) is 5.91 Å². The van der Waals surface area contributed by atoms with Crippen LogP contribution in [0.5, 0.6) is 5.75 Å². The highest BCUT2D eigenvalue weighted by Crippen LogP contribution is 2.33. The number of nitrogens with zero attached hydrogens (tertiary/aromatic N) is 5. The summed E-state index contributed by atoms with van der Waals surface area (Å²) < 4.78 is 12.8. The molecule has 0 saturated heterocycles. The molecule has 0 bridgehead atoms. The average Bonchev–Trinajstić information content (AvgIpc) is 3.67. The quantitative estimate of drug-likeness (QED) is 0.290.